The lowest BCUT2D eigenvalue weighted by Gasteiger charge is -2.28. The zero-order valence-electron chi connectivity index (χ0n) is 7.09. The normalized spacial score (nSPS) is 40.6. The van der Waals surface area contributed by atoms with Gasteiger partial charge in [0.2, 0.25) is 0 Å². The highest BCUT2D eigenvalue weighted by molar-refractivity contribution is 7.80. The van der Waals surface area contributed by atoms with E-state index in [0.717, 1.165) is 0 Å². The summed E-state index contributed by atoms with van der Waals surface area (Å²) in [5.74, 6) is -2.84. The molecule has 5 heteroatoms. The summed E-state index contributed by atoms with van der Waals surface area (Å²) in [5, 5.41) is 3.11. The fraction of sp³-hybridized carbons (Fsp3) is 0.875. The molecule has 2 rings (SSSR count). The summed E-state index contributed by atoms with van der Waals surface area (Å²) >= 11 is 4.68. The van der Waals surface area contributed by atoms with Crippen molar-refractivity contribution in [3.05, 3.63) is 0 Å². The number of alkyl halides is 2. The maximum absolute atomic E-state index is 13.1. The standard InChI is InChI=1S/C8H12F2N2S/c9-8(10)3-4-1-5(8)2-6(4)12-7(11)13/h4-6H,1-3H2,(H3,11,12,13)/t4-,5+,6+/m1/s1. The third-order valence-electron chi connectivity index (χ3n) is 3.15. The molecule has 2 aliphatic rings. The molecule has 0 aliphatic heterocycles. The van der Waals surface area contributed by atoms with Gasteiger partial charge in [0.25, 0.3) is 5.92 Å². The molecule has 2 bridgehead atoms. The first kappa shape index (κ1) is 9.12. The van der Waals surface area contributed by atoms with Gasteiger partial charge in [0.15, 0.2) is 5.11 Å². The van der Waals surface area contributed by atoms with E-state index in [1.165, 1.54) is 0 Å². The molecule has 74 valence electrons. The Kier molecular flexibility index (Phi) is 1.94. The van der Waals surface area contributed by atoms with Crippen LogP contribution in [0.4, 0.5) is 8.78 Å². The van der Waals surface area contributed by atoms with Crippen LogP contribution in [0, 0.1) is 11.8 Å². The third kappa shape index (κ3) is 1.49. The Morgan fingerprint density at radius 1 is 1.46 bits per heavy atom. The first-order valence-corrected chi connectivity index (χ1v) is 4.83. The number of fused-ring (bicyclic) bond motifs is 2. The fourth-order valence-corrected chi connectivity index (χ4v) is 2.72. The molecule has 0 amide bonds. The Morgan fingerprint density at radius 3 is 2.54 bits per heavy atom. The highest BCUT2D eigenvalue weighted by Gasteiger charge is 2.56. The molecule has 0 saturated heterocycles. The van der Waals surface area contributed by atoms with Crippen LogP contribution < -0.4 is 11.1 Å². The van der Waals surface area contributed by atoms with Crippen molar-refractivity contribution < 1.29 is 8.78 Å². The van der Waals surface area contributed by atoms with E-state index in [9.17, 15) is 8.78 Å². The zero-order chi connectivity index (χ0) is 9.64. The topological polar surface area (TPSA) is 38.0 Å². The lowest BCUT2D eigenvalue weighted by Crippen LogP contribution is -2.44. The van der Waals surface area contributed by atoms with Crippen molar-refractivity contribution in [1.29, 1.82) is 0 Å². The molecule has 0 aromatic heterocycles. The fourth-order valence-electron chi connectivity index (χ4n) is 2.57. The van der Waals surface area contributed by atoms with Gasteiger partial charge < -0.3 is 11.1 Å². The monoisotopic (exact) mass is 206 g/mol. The highest BCUT2D eigenvalue weighted by Crippen LogP contribution is 2.53. The zero-order valence-corrected chi connectivity index (χ0v) is 7.91. The van der Waals surface area contributed by atoms with Gasteiger partial charge in [-0.1, -0.05) is 0 Å². The van der Waals surface area contributed by atoms with Crippen LogP contribution in [0.3, 0.4) is 0 Å². The van der Waals surface area contributed by atoms with E-state index in [1.807, 2.05) is 0 Å². The van der Waals surface area contributed by atoms with E-state index < -0.39 is 11.8 Å². The summed E-state index contributed by atoms with van der Waals surface area (Å²) in [5.41, 5.74) is 5.30. The number of halogens is 2. The molecule has 0 radical (unpaired) electrons. The Labute approximate surface area is 80.9 Å². The van der Waals surface area contributed by atoms with Gasteiger partial charge in [-0.25, -0.2) is 8.78 Å². The van der Waals surface area contributed by atoms with E-state index in [-0.39, 0.29) is 23.5 Å². The van der Waals surface area contributed by atoms with Crippen molar-refractivity contribution in [3.8, 4) is 0 Å². The number of nitrogens with one attached hydrogen (secondary N) is 1. The molecule has 0 heterocycles. The molecule has 0 aromatic carbocycles. The number of thiocarbonyl (C=S) groups is 1. The molecule has 2 aliphatic carbocycles. The Hall–Kier alpha value is -0.450. The summed E-state index contributed by atoms with van der Waals surface area (Å²) in [7, 11) is 0. The summed E-state index contributed by atoms with van der Waals surface area (Å²) in [6, 6.07) is 0.0853. The number of hydrogen-bond acceptors (Lipinski definition) is 1. The predicted molar refractivity (Wildman–Crippen MR) is 49.5 cm³/mol. The quantitative estimate of drug-likeness (QED) is 0.634. The predicted octanol–water partition coefficient (Wildman–Crippen LogP) is 1.25. The second kappa shape index (κ2) is 2.77. The SMILES string of the molecule is NC(=S)N[C@H]1C[C@@H]2C[C@@H]1CC2(F)F. The van der Waals surface area contributed by atoms with E-state index >= 15 is 0 Å². The Bertz CT molecular complexity index is 244. The largest absolute Gasteiger partial charge is 0.376 e. The molecule has 2 saturated carbocycles. The molecule has 3 N–H and O–H groups in total. The van der Waals surface area contributed by atoms with Gasteiger partial charge in [-0.05, 0) is 31.0 Å². The van der Waals surface area contributed by atoms with E-state index in [1.54, 1.807) is 0 Å². The Balaban J connectivity index is 1.99. The van der Waals surface area contributed by atoms with Crippen molar-refractivity contribution in [2.24, 2.45) is 17.6 Å². The first-order chi connectivity index (χ1) is 5.99. The maximum Gasteiger partial charge on any atom is 0.251 e. The average molecular weight is 206 g/mol. The molecule has 0 spiro atoms. The van der Waals surface area contributed by atoms with Crippen LogP contribution in [0.5, 0.6) is 0 Å². The Morgan fingerprint density at radius 2 is 2.15 bits per heavy atom. The lowest BCUT2D eigenvalue weighted by molar-refractivity contribution is -0.0554. The minimum Gasteiger partial charge on any atom is -0.376 e. The van der Waals surface area contributed by atoms with Crippen LogP contribution in [0.1, 0.15) is 19.3 Å². The van der Waals surface area contributed by atoms with Gasteiger partial charge in [0.05, 0.1) is 0 Å². The lowest BCUT2D eigenvalue weighted by atomic mass is 9.92. The van der Waals surface area contributed by atoms with E-state index in [2.05, 4.69) is 17.5 Å². The molecule has 0 aromatic rings. The molecular weight excluding hydrogens is 194 g/mol. The van der Waals surface area contributed by atoms with Gasteiger partial charge in [-0.3, -0.25) is 0 Å². The molecule has 2 fully saturated rings. The molecule has 13 heavy (non-hydrogen) atoms. The van der Waals surface area contributed by atoms with Crippen LogP contribution in [-0.2, 0) is 0 Å². The summed E-state index contributed by atoms with van der Waals surface area (Å²) in [6.45, 7) is 0. The van der Waals surface area contributed by atoms with Crippen molar-refractivity contribution in [3.63, 3.8) is 0 Å². The van der Waals surface area contributed by atoms with Gasteiger partial charge in [-0.15, -0.1) is 0 Å². The molecule has 0 unspecified atom stereocenters. The summed E-state index contributed by atoms with van der Waals surface area (Å²) < 4.78 is 26.1. The highest BCUT2D eigenvalue weighted by atomic mass is 32.1. The van der Waals surface area contributed by atoms with Crippen molar-refractivity contribution in [2.45, 2.75) is 31.2 Å². The van der Waals surface area contributed by atoms with Crippen molar-refractivity contribution in [1.82, 2.24) is 5.32 Å². The van der Waals surface area contributed by atoms with Crippen LogP contribution in [-0.4, -0.2) is 17.1 Å². The third-order valence-corrected chi connectivity index (χ3v) is 3.27. The number of hydrogen-bond donors (Lipinski definition) is 2. The van der Waals surface area contributed by atoms with Crippen molar-refractivity contribution >= 4 is 17.3 Å². The van der Waals surface area contributed by atoms with Crippen LogP contribution in [0.2, 0.25) is 0 Å². The van der Waals surface area contributed by atoms with Crippen molar-refractivity contribution in [2.75, 3.05) is 0 Å². The second-order valence-corrected chi connectivity index (χ2v) is 4.45. The van der Waals surface area contributed by atoms with E-state index in [4.69, 9.17) is 5.73 Å². The minimum absolute atomic E-state index is 0.00204. The number of nitrogens with two attached hydrogens (primary N) is 1. The summed E-state index contributed by atoms with van der Waals surface area (Å²) in [4.78, 5) is 0. The maximum atomic E-state index is 13.1. The van der Waals surface area contributed by atoms with Crippen LogP contribution in [0.15, 0.2) is 0 Å². The van der Waals surface area contributed by atoms with E-state index in [0.29, 0.717) is 12.8 Å². The van der Waals surface area contributed by atoms with Gasteiger partial charge >= 0.3 is 0 Å². The molecule has 2 nitrogen and oxygen atoms in total. The smallest absolute Gasteiger partial charge is 0.251 e. The molecule has 3 atom stereocenters. The second-order valence-electron chi connectivity index (χ2n) is 4.01. The summed E-state index contributed by atoms with van der Waals surface area (Å²) in [6.07, 6.45) is 1.13. The van der Waals surface area contributed by atoms with Gasteiger partial charge in [-0.2, -0.15) is 0 Å². The number of rotatable bonds is 1. The van der Waals surface area contributed by atoms with Gasteiger partial charge in [0, 0.05) is 18.4 Å². The van der Waals surface area contributed by atoms with Gasteiger partial charge in [0.1, 0.15) is 0 Å². The minimum atomic E-state index is -2.45. The van der Waals surface area contributed by atoms with Crippen LogP contribution >= 0.6 is 12.2 Å². The molecular formula is C8H12F2N2S. The van der Waals surface area contributed by atoms with Crippen LogP contribution in [0.25, 0.3) is 0 Å². The first-order valence-electron chi connectivity index (χ1n) is 4.43. The average Bonchev–Trinajstić information content (AvgIpc) is 2.41.